The second kappa shape index (κ2) is 5.77. The summed E-state index contributed by atoms with van der Waals surface area (Å²) in [7, 11) is 0. The number of fused-ring (bicyclic) bond motifs is 1. The van der Waals surface area contributed by atoms with Crippen molar-refractivity contribution in [3.8, 4) is 0 Å². The number of rotatable bonds is 2. The van der Waals surface area contributed by atoms with E-state index < -0.39 is 0 Å². The summed E-state index contributed by atoms with van der Waals surface area (Å²) in [6.07, 6.45) is 5.41. The van der Waals surface area contributed by atoms with E-state index in [9.17, 15) is 0 Å². The van der Waals surface area contributed by atoms with Gasteiger partial charge in [0.05, 0.1) is 5.39 Å². The highest BCUT2D eigenvalue weighted by Crippen LogP contribution is 2.34. The van der Waals surface area contributed by atoms with Crippen molar-refractivity contribution < 1.29 is 0 Å². The van der Waals surface area contributed by atoms with Crippen LogP contribution in [0, 0.1) is 13.8 Å². The smallest absolute Gasteiger partial charge is 0.141 e. The molecule has 3 aromatic heterocycles. The zero-order valence-corrected chi connectivity index (χ0v) is 14.2. The maximum atomic E-state index is 4.60. The van der Waals surface area contributed by atoms with Crippen LogP contribution in [0.5, 0.6) is 0 Å². The molecule has 6 heteroatoms. The van der Waals surface area contributed by atoms with Gasteiger partial charge in [-0.15, -0.1) is 11.3 Å². The lowest BCUT2D eigenvalue weighted by atomic mass is 10.2. The summed E-state index contributed by atoms with van der Waals surface area (Å²) >= 11 is 1.76. The predicted octanol–water partition coefficient (Wildman–Crippen LogP) is 3.03. The highest BCUT2D eigenvalue weighted by atomic mass is 32.1. The Bertz CT molecular complexity index is 822. The van der Waals surface area contributed by atoms with E-state index in [4.69, 9.17) is 0 Å². The van der Waals surface area contributed by atoms with E-state index in [0.29, 0.717) is 0 Å². The molecule has 0 amide bonds. The van der Waals surface area contributed by atoms with Gasteiger partial charge < -0.3 is 9.80 Å². The normalized spacial score (nSPS) is 15.4. The van der Waals surface area contributed by atoms with E-state index in [0.717, 1.165) is 36.8 Å². The van der Waals surface area contributed by atoms with Crippen molar-refractivity contribution in [2.24, 2.45) is 0 Å². The molecule has 5 nitrogen and oxygen atoms in total. The van der Waals surface area contributed by atoms with Crippen molar-refractivity contribution >= 4 is 33.1 Å². The Morgan fingerprint density at radius 1 is 0.957 bits per heavy atom. The molecule has 0 bridgehead atoms. The Kier molecular flexibility index (Phi) is 3.61. The van der Waals surface area contributed by atoms with E-state index in [2.05, 4.69) is 50.7 Å². The zero-order valence-electron chi connectivity index (χ0n) is 13.4. The number of aryl methyl sites for hydroxylation is 2. The molecule has 0 spiro atoms. The summed E-state index contributed by atoms with van der Waals surface area (Å²) in [5.74, 6) is 1.09. The molecule has 23 heavy (non-hydrogen) atoms. The summed E-state index contributed by atoms with van der Waals surface area (Å²) < 4.78 is 0. The van der Waals surface area contributed by atoms with Crippen molar-refractivity contribution in [3.63, 3.8) is 0 Å². The summed E-state index contributed by atoms with van der Waals surface area (Å²) in [6, 6.07) is 4.15. The molecule has 0 aromatic carbocycles. The van der Waals surface area contributed by atoms with Gasteiger partial charge in [-0.1, -0.05) is 0 Å². The largest absolute Gasteiger partial charge is 0.368 e. The van der Waals surface area contributed by atoms with Crippen molar-refractivity contribution in [1.82, 2.24) is 15.0 Å². The molecule has 0 N–H and O–H groups in total. The van der Waals surface area contributed by atoms with E-state index in [1.165, 1.54) is 21.5 Å². The molecule has 0 aliphatic carbocycles. The van der Waals surface area contributed by atoms with Gasteiger partial charge in [-0.25, -0.2) is 9.97 Å². The SMILES string of the molecule is Cc1sc2ncnc(N3CCN(c4ccncc4)CC3)c2c1C. The van der Waals surface area contributed by atoms with Crippen molar-refractivity contribution in [1.29, 1.82) is 0 Å². The van der Waals surface area contributed by atoms with Crippen molar-refractivity contribution in [3.05, 3.63) is 41.3 Å². The third-order valence-corrected chi connectivity index (χ3v) is 5.67. The number of hydrogen-bond acceptors (Lipinski definition) is 6. The van der Waals surface area contributed by atoms with Crippen molar-refractivity contribution in [2.45, 2.75) is 13.8 Å². The number of piperazine rings is 1. The van der Waals surface area contributed by atoms with Crippen LogP contribution in [0.2, 0.25) is 0 Å². The highest BCUT2D eigenvalue weighted by molar-refractivity contribution is 7.18. The molecule has 118 valence electrons. The van der Waals surface area contributed by atoms with Crippen LogP contribution in [0.25, 0.3) is 10.2 Å². The fraction of sp³-hybridized carbons (Fsp3) is 0.353. The maximum Gasteiger partial charge on any atom is 0.141 e. The average molecular weight is 325 g/mol. The molecule has 1 fully saturated rings. The van der Waals surface area contributed by atoms with Crippen LogP contribution in [-0.2, 0) is 0 Å². The van der Waals surface area contributed by atoms with Gasteiger partial charge in [-0.2, -0.15) is 0 Å². The Morgan fingerprint density at radius 2 is 1.65 bits per heavy atom. The summed E-state index contributed by atoms with van der Waals surface area (Å²) in [5.41, 5.74) is 2.56. The Hall–Kier alpha value is -2.21. The van der Waals surface area contributed by atoms with Crippen LogP contribution in [0.4, 0.5) is 11.5 Å². The maximum absolute atomic E-state index is 4.60. The van der Waals surface area contributed by atoms with Crippen LogP contribution < -0.4 is 9.80 Å². The van der Waals surface area contributed by atoms with Gasteiger partial charge in [0.25, 0.3) is 0 Å². The molecule has 1 aliphatic rings. The Morgan fingerprint density at radius 3 is 2.39 bits per heavy atom. The summed E-state index contributed by atoms with van der Waals surface area (Å²) in [5, 5.41) is 1.23. The fourth-order valence-electron chi connectivity index (χ4n) is 3.13. The Balaban J connectivity index is 1.59. The minimum absolute atomic E-state index is 0.975. The van der Waals surface area contributed by atoms with Gasteiger partial charge in [0, 0.05) is 49.1 Å². The lowest BCUT2D eigenvalue weighted by molar-refractivity contribution is 0.648. The first-order valence-electron chi connectivity index (χ1n) is 7.84. The lowest BCUT2D eigenvalue weighted by Gasteiger charge is -2.36. The van der Waals surface area contributed by atoms with Crippen LogP contribution in [0.15, 0.2) is 30.9 Å². The van der Waals surface area contributed by atoms with Gasteiger partial charge in [0.1, 0.15) is 17.0 Å². The molecule has 1 aliphatic heterocycles. The van der Waals surface area contributed by atoms with Crippen LogP contribution in [-0.4, -0.2) is 41.1 Å². The molecule has 0 unspecified atom stereocenters. The van der Waals surface area contributed by atoms with E-state index in [-0.39, 0.29) is 0 Å². The topological polar surface area (TPSA) is 45.2 Å². The lowest BCUT2D eigenvalue weighted by Crippen LogP contribution is -2.46. The summed E-state index contributed by atoms with van der Waals surface area (Å²) in [4.78, 5) is 20.4. The number of anilines is 2. The number of pyridine rings is 1. The van der Waals surface area contributed by atoms with Gasteiger partial charge in [-0.05, 0) is 31.5 Å². The molecular formula is C17H19N5S. The molecule has 4 rings (SSSR count). The van der Waals surface area contributed by atoms with Gasteiger partial charge in [0.2, 0.25) is 0 Å². The molecule has 0 atom stereocenters. The second-order valence-electron chi connectivity index (χ2n) is 5.84. The quantitative estimate of drug-likeness (QED) is 0.725. The van der Waals surface area contributed by atoms with Gasteiger partial charge in [-0.3, -0.25) is 4.98 Å². The minimum Gasteiger partial charge on any atom is -0.368 e. The number of hydrogen-bond donors (Lipinski definition) is 0. The first-order chi connectivity index (χ1) is 11.2. The third-order valence-electron chi connectivity index (χ3n) is 4.55. The van der Waals surface area contributed by atoms with E-state index in [1.807, 2.05) is 12.4 Å². The second-order valence-corrected chi connectivity index (χ2v) is 7.04. The number of thiophene rings is 1. The van der Waals surface area contributed by atoms with Gasteiger partial charge in [0.15, 0.2) is 0 Å². The number of nitrogens with zero attached hydrogens (tertiary/aromatic N) is 5. The van der Waals surface area contributed by atoms with Crippen molar-refractivity contribution in [2.75, 3.05) is 36.0 Å². The van der Waals surface area contributed by atoms with Crippen LogP contribution >= 0.6 is 11.3 Å². The molecule has 3 aromatic rings. The molecular weight excluding hydrogens is 306 g/mol. The molecule has 0 radical (unpaired) electrons. The zero-order chi connectivity index (χ0) is 15.8. The predicted molar refractivity (Wildman–Crippen MR) is 95.6 cm³/mol. The molecule has 4 heterocycles. The van der Waals surface area contributed by atoms with E-state index >= 15 is 0 Å². The summed E-state index contributed by atoms with van der Waals surface area (Å²) in [6.45, 7) is 8.28. The highest BCUT2D eigenvalue weighted by Gasteiger charge is 2.22. The first kappa shape index (κ1) is 14.4. The van der Waals surface area contributed by atoms with Crippen LogP contribution in [0.1, 0.15) is 10.4 Å². The number of aromatic nitrogens is 3. The standard InChI is InChI=1S/C17H19N5S/c1-12-13(2)23-17-15(12)16(19-11-20-17)22-9-7-21(8-10-22)14-3-5-18-6-4-14/h3-6,11H,7-10H2,1-2H3. The van der Waals surface area contributed by atoms with Gasteiger partial charge >= 0.3 is 0 Å². The monoisotopic (exact) mass is 325 g/mol. The molecule has 0 saturated carbocycles. The Labute approximate surface area is 139 Å². The first-order valence-corrected chi connectivity index (χ1v) is 8.66. The molecule has 1 saturated heterocycles. The third kappa shape index (κ3) is 2.53. The minimum atomic E-state index is 0.975. The van der Waals surface area contributed by atoms with Crippen LogP contribution in [0.3, 0.4) is 0 Å². The van der Waals surface area contributed by atoms with E-state index in [1.54, 1.807) is 17.7 Å². The fourth-order valence-corrected chi connectivity index (χ4v) is 4.13. The average Bonchev–Trinajstić information content (AvgIpc) is 2.90.